The Morgan fingerprint density at radius 1 is 1.52 bits per heavy atom. The van der Waals surface area contributed by atoms with Gasteiger partial charge in [0.25, 0.3) is 6.43 Å². The van der Waals surface area contributed by atoms with Gasteiger partial charge in [-0.25, -0.2) is 8.78 Å². The Hall–Kier alpha value is -1.44. The third-order valence-electron chi connectivity index (χ3n) is 2.96. The highest BCUT2D eigenvalue weighted by Crippen LogP contribution is 2.23. The number of aliphatic hydroxyl groups is 1. The molecule has 1 unspecified atom stereocenters. The molecule has 1 aromatic rings. The Kier molecular flexibility index (Phi) is 6.80. The molecule has 0 aromatic heterocycles. The van der Waals surface area contributed by atoms with Crippen LogP contribution < -0.4 is 11.1 Å². The maximum Gasteiger partial charge on any atom is 0.251 e. The Morgan fingerprint density at radius 2 is 2.19 bits per heavy atom. The molecule has 0 saturated heterocycles. The third-order valence-corrected chi connectivity index (χ3v) is 3.19. The highest BCUT2D eigenvalue weighted by molar-refractivity contribution is 6.31. The number of carbonyl (C=O) groups excluding carboxylic acids is 1. The Morgan fingerprint density at radius 3 is 2.71 bits per heavy atom. The minimum absolute atomic E-state index is 0.0188. The molecule has 1 amide bonds. The van der Waals surface area contributed by atoms with Crippen LogP contribution >= 0.6 is 11.6 Å². The second-order valence-electron chi connectivity index (χ2n) is 4.51. The van der Waals surface area contributed by atoms with Gasteiger partial charge in [0.05, 0.1) is 30.6 Å². The number of nitrogen functional groups attached to an aromatic ring is 1. The molecule has 1 rings (SSSR count). The predicted molar refractivity (Wildman–Crippen MR) is 78.6 cm³/mol. The average Bonchev–Trinajstić information content (AvgIpc) is 2.40. The van der Waals surface area contributed by atoms with Crippen molar-refractivity contribution in [2.75, 3.05) is 30.7 Å². The molecule has 0 spiro atoms. The van der Waals surface area contributed by atoms with Crippen LogP contribution in [0.15, 0.2) is 18.2 Å². The molecule has 4 N–H and O–H groups in total. The van der Waals surface area contributed by atoms with E-state index in [9.17, 15) is 13.6 Å². The number of benzene rings is 1. The maximum atomic E-state index is 12.5. The molecule has 5 nitrogen and oxygen atoms in total. The first-order chi connectivity index (χ1) is 9.85. The Balaban J connectivity index is 2.75. The summed E-state index contributed by atoms with van der Waals surface area (Å²) in [5.74, 6) is -0.488. The summed E-state index contributed by atoms with van der Waals surface area (Å²) >= 11 is 5.75. The molecule has 0 fully saturated rings. The summed E-state index contributed by atoms with van der Waals surface area (Å²) in [5.41, 5.74) is 6.35. The second-order valence-corrected chi connectivity index (χ2v) is 4.94. The number of aliphatic hydroxyl groups excluding tert-OH is 1. The zero-order valence-corrected chi connectivity index (χ0v) is 12.3. The van der Waals surface area contributed by atoms with Crippen molar-refractivity contribution in [2.24, 2.45) is 0 Å². The summed E-state index contributed by atoms with van der Waals surface area (Å²) in [6, 6.07) is 3.74. The van der Waals surface area contributed by atoms with Crippen molar-refractivity contribution in [3.8, 4) is 0 Å². The summed E-state index contributed by atoms with van der Waals surface area (Å²) in [6.07, 6.45) is -2.59. The fraction of sp³-hybridized carbons (Fsp3) is 0.462. The molecule has 118 valence electrons. The molecule has 1 aromatic carbocycles. The van der Waals surface area contributed by atoms with Crippen molar-refractivity contribution in [3.05, 3.63) is 23.2 Å². The Bertz CT molecular complexity index is 488. The van der Waals surface area contributed by atoms with E-state index < -0.39 is 24.9 Å². The van der Waals surface area contributed by atoms with Crippen molar-refractivity contribution in [2.45, 2.75) is 19.4 Å². The smallest absolute Gasteiger partial charge is 0.251 e. The maximum absolute atomic E-state index is 12.5. The van der Waals surface area contributed by atoms with E-state index in [1.807, 2.05) is 0 Å². The number of amides is 1. The van der Waals surface area contributed by atoms with Gasteiger partial charge < -0.3 is 16.2 Å². The van der Waals surface area contributed by atoms with E-state index in [1.54, 1.807) is 6.07 Å². The lowest BCUT2D eigenvalue weighted by Gasteiger charge is -2.27. The van der Waals surface area contributed by atoms with Crippen molar-refractivity contribution in [1.82, 2.24) is 4.90 Å². The van der Waals surface area contributed by atoms with Gasteiger partial charge in [-0.1, -0.05) is 11.6 Å². The van der Waals surface area contributed by atoms with Gasteiger partial charge in [0, 0.05) is 11.6 Å². The molecule has 0 bridgehead atoms. The minimum Gasteiger partial charge on any atom is -0.397 e. The lowest BCUT2D eigenvalue weighted by Crippen LogP contribution is -2.45. The van der Waals surface area contributed by atoms with Crippen molar-refractivity contribution in [3.63, 3.8) is 0 Å². The highest BCUT2D eigenvalue weighted by atomic mass is 35.5. The van der Waals surface area contributed by atoms with E-state index in [0.717, 1.165) is 0 Å². The van der Waals surface area contributed by atoms with Crippen molar-refractivity contribution >= 4 is 28.9 Å². The summed E-state index contributed by atoms with van der Waals surface area (Å²) in [4.78, 5) is 13.3. The molecule has 0 aliphatic heterocycles. The molecule has 21 heavy (non-hydrogen) atoms. The van der Waals surface area contributed by atoms with Crippen LogP contribution in [-0.4, -0.2) is 48.1 Å². The van der Waals surface area contributed by atoms with E-state index in [0.29, 0.717) is 10.7 Å². The van der Waals surface area contributed by atoms with Crippen LogP contribution in [0.3, 0.4) is 0 Å². The highest BCUT2D eigenvalue weighted by Gasteiger charge is 2.24. The first-order valence-corrected chi connectivity index (χ1v) is 6.72. The molecule has 8 heteroatoms. The van der Waals surface area contributed by atoms with Crippen LogP contribution in [-0.2, 0) is 4.79 Å². The number of rotatable bonds is 7. The standard InChI is InChI=1S/C13H18ClF2N3O2/c1-8(19(4-5-20)7-12(15)16)13(21)18-11-3-2-9(14)6-10(11)17/h2-3,6,8,12,20H,4-5,7,17H2,1H3,(H,18,21). The minimum atomic E-state index is -2.59. The third kappa shape index (κ3) is 5.45. The zero-order chi connectivity index (χ0) is 16.0. The zero-order valence-electron chi connectivity index (χ0n) is 11.5. The first-order valence-electron chi connectivity index (χ1n) is 6.34. The average molecular weight is 322 g/mol. The summed E-state index contributed by atoms with van der Waals surface area (Å²) in [6.45, 7) is 0.563. The number of hydrogen-bond acceptors (Lipinski definition) is 4. The number of nitrogens with zero attached hydrogens (tertiary/aromatic N) is 1. The molecular weight excluding hydrogens is 304 g/mol. The number of alkyl halides is 2. The molecule has 0 radical (unpaired) electrons. The van der Waals surface area contributed by atoms with Crippen LogP contribution in [0.2, 0.25) is 5.02 Å². The number of hydrogen-bond donors (Lipinski definition) is 3. The van der Waals surface area contributed by atoms with Gasteiger partial charge in [0.15, 0.2) is 0 Å². The van der Waals surface area contributed by atoms with E-state index in [1.165, 1.54) is 24.0 Å². The lowest BCUT2D eigenvalue weighted by molar-refractivity contribution is -0.121. The van der Waals surface area contributed by atoms with Crippen LogP contribution in [0.1, 0.15) is 6.92 Å². The van der Waals surface area contributed by atoms with E-state index >= 15 is 0 Å². The van der Waals surface area contributed by atoms with E-state index in [4.69, 9.17) is 22.4 Å². The van der Waals surface area contributed by atoms with Crippen LogP contribution in [0.25, 0.3) is 0 Å². The fourth-order valence-electron chi connectivity index (χ4n) is 1.80. The number of nitrogens with one attached hydrogen (secondary N) is 1. The molecule has 0 heterocycles. The number of anilines is 2. The molecule has 0 aliphatic carbocycles. The van der Waals surface area contributed by atoms with Crippen molar-refractivity contribution in [1.29, 1.82) is 0 Å². The largest absolute Gasteiger partial charge is 0.397 e. The normalized spacial score (nSPS) is 12.7. The van der Waals surface area contributed by atoms with E-state index in [2.05, 4.69) is 5.32 Å². The van der Waals surface area contributed by atoms with Crippen molar-refractivity contribution < 1.29 is 18.7 Å². The topological polar surface area (TPSA) is 78.6 Å². The molecular formula is C13H18ClF2N3O2. The number of nitrogens with two attached hydrogens (primary N) is 1. The molecule has 0 saturated carbocycles. The van der Waals surface area contributed by atoms with Crippen LogP contribution in [0, 0.1) is 0 Å². The number of carbonyl (C=O) groups is 1. The fourth-order valence-corrected chi connectivity index (χ4v) is 1.98. The van der Waals surface area contributed by atoms with Crippen LogP contribution in [0.5, 0.6) is 0 Å². The summed E-state index contributed by atoms with van der Waals surface area (Å²) in [5, 5.41) is 11.9. The van der Waals surface area contributed by atoms with Gasteiger partial charge in [0.1, 0.15) is 0 Å². The monoisotopic (exact) mass is 321 g/mol. The van der Waals surface area contributed by atoms with Crippen LogP contribution in [0.4, 0.5) is 20.2 Å². The summed E-state index contributed by atoms with van der Waals surface area (Å²) < 4.78 is 25.0. The SMILES string of the molecule is CC(C(=O)Nc1ccc(Cl)cc1N)N(CCO)CC(F)F. The van der Waals surface area contributed by atoms with Gasteiger partial charge in [-0.3, -0.25) is 9.69 Å². The first kappa shape index (κ1) is 17.6. The quantitative estimate of drug-likeness (QED) is 0.669. The molecule has 1 atom stereocenters. The van der Waals surface area contributed by atoms with Gasteiger partial charge in [-0.2, -0.15) is 0 Å². The lowest BCUT2D eigenvalue weighted by atomic mass is 10.2. The molecule has 0 aliphatic rings. The Labute approximate surface area is 126 Å². The predicted octanol–water partition coefficient (Wildman–Crippen LogP) is 1.81. The van der Waals surface area contributed by atoms with Gasteiger partial charge in [-0.05, 0) is 25.1 Å². The second kappa shape index (κ2) is 8.11. The van der Waals surface area contributed by atoms with E-state index in [-0.39, 0.29) is 18.8 Å². The van der Waals surface area contributed by atoms with Gasteiger partial charge in [-0.15, -0.1) is 0 Å². The summed E-state index contributed by atoms with van der Waals surface area (Å²) in [7, 11) is 0. The number of halogens is 3. The van der Waals surface area contributed by atoms with Gasteiger partial charge >= 0.3 is 0 Å². The van der Waals surface area contributed by atoms with Gasteiger partial charge in [0.2, 0.25) is 5.91 Å².